The zero-order chi connectivity index (χ0) is 7.98. The molecule has 0 aliphatic rings. The fourth-order valence-electron chi connectivity index (χ4n) is 0.300. The topological polar surface area (TPSA) is 38.3 Å². The van der Waals surface area contributed by atoms with Crippen molar-refractivity contribution in [2.75, 3.05) is 6.61 Å². The quantitative estimate of drug-likeness (QED) is 0.502. The maximum Gasteiger partial charge on any atom is 0.240 e. The van der Waals surface area contributed by atoms with E-state index in [2.05, 4.69) is 10.3 Å². The molecule has 10 heavy (non-hydrogen) atoms. The van der Waals surface area contributed by atoms with E-state index in [0.717, 1.165) is 0 Å². The first-order valence-corrected chi connectivity index (χ1v) is 3.21. The summed E-state index contributed by atoms with van der Waals surface area (Å²) >= 11 is 5.46. The number of carbonyl (C=O) groups is 1. The van der Waals surface area contributed by atoms with Crippen LogP contribution in [-0.4, -0.2) is 12.5 Å². The van der Waals surface area contributed by atoms with Gasteiger partial charge in [-0.25, -0.2) is 5.48 Å². The van der Waals surface area contributed by atoms with E-state index >= 15 is 0 Å². The molecule has 1 N–H and O–H groups in total. The molecule has 0 rings (SSSR count). The van der Waals surface area contributed by atoms with Crippen molar-refractivity contribution in [3.8, 4) is 0 Å². The van der Waals surface area contributed by atoms with Gasteiger partial charge in [0.05, 0.1) is 6.61 Å². The van der Waals surface area contributed by atoms with Crippen LogP contribution in [0.2, 0.25) is 0 Å². The Morgan fingerprint density at radius 3 is 2.70 bits per heavy atom. The SMILES string of the molecule is CC(=O)NOCC=C(C)Cl. The Morgan fingerprint density at radius 1 is 1.70 bits per heavy atom. The number of allylic oxidation sites excluding steroid dienone is 1. The van der Waals surface area contributed by atoms with Gasteiger partial charge >= 0.3 is 0 Å². The average molecular weight is 164 g/mol. The summed E-state index contributed by atoms with van der Waals surface area (Å²) in [5.74, 6) is -0.222. The zero-order valence-corrected chi connectivity index (χ0v) is 6.73. The zero-order valence-electron chi connectivity index (χ0n) is 5.98. The predicted octanol–water partition coefficient (Wildman–Crippen LogP) is 1.20. The Balaban J connectivity index is 3.21. The Hall–Kier alpha value is -0.540. The van der Waals surface area contributed by atoms with Gasteiger partial charge < -0.3 is 0 Å². The van der Waals surface area contributed by atoms with Crippen LogP contribution in [0.5, 0.6) is 0 Å². The Bertz CT molecular complexity index is 141. The van der Waals surface area contributed by atoms with Gasteiger partial charge in [0.15, 0.2) is 0 Å². The maximum atomic E-state index is 10.2. The highest BCUT2D eigenvalue weighted by Gasteiger charge is 1.86. The van der Waals surface area contributed by atoms with Crippen LogP contribution in [0.1, 0.15) is 13.8 Å². The van der Waals surface area contributed by atoms with Gasteiger partial charge in [-0.15, -0.1) is 0 Å². The molecule has 0 unspecified atom stereocenters. The van der Waals surface area contributed by atoms with E-state index in [1.807, 2.05) is 0 Å². The predicted molar refractivity (Wildman–Crippen MR) is 39.4 cm³/mol. The fraction of sp³-hybridized carbons (Fsp3) is 0.500. The molecule has 0 bridgehead atoms. The third-order valence-corrected chi connectivity index (χ3v) is 0.818. The number of carbonyl (C=O) groups excluding carboxylic acids is 1. The highest BCUT2D eigenvalue weighted by Crippen LogP contribution is 1.95. The average Bonchev–Trinajstić information content (AvgIpc) is 1.79. The van der Waals surface area contributed by atoms with E-state index in [-0.39, 0.29) is 5.91 Å². The minimum Gasteiger partial charge on any atom is -0.273 e. The summed E-state index contributed by atoms with van der Waals surface area (Å²) in [5, 5.41) is 0.644. The second-order valence-corrected chi connectivity index (χ2v) is 2.36. The minimum atomic E-state index is -0.222. The van der Waals surface area contributed by atoms with Crippen LogP contribution in [-0.2, 0) is 9.63 Å². The molecule has 0 aromatic heterocycles. The highest BCUT2D eigenvalue weighted by molar-refractivity contribution is 6.29. The third-order valence-electron chi connectivity index (χ3n) is 0.664. The molecule has 0 saturated heterocycles. The molecule has 3 nitrogen and oxygen atoms in total. The standard InChI is InChI=1S/C6H10ClNO2/c1-5(7)3-4-10-8-6(2)9/h3H,4H2,1-2H3,(H,8,9). The van der Waals surface area contributed by atoms with Crippen molar-refractivity contribution in [3.05, 3.63) is 11.1 Å². The van der Waals surface area contributed by atoms with Gasteiger partial charge in [-0.2, -0.15) is 0 Å². The van der Waals surface area contributed by atoms with Crippen LogP contribution in [0.15, 0.2) is 11.1 Å². The lowest BCUT2D eigenvalue weighted by Crippen LogP contribution is -2.20. The molecule has 0 aliphatic heterocycles. The van der Waals surface area contributed by atoms with E-state index < -0.39 is 0 Å². The molecule has 1 amide bonds. The van der Waals surface area contributed by atoms with E-state index in [1.54, 1.807) is 13.0 Å². The molecular formula is C6H10ClNO2. The number of rotatable bonds is 3. The van der Waals surface area contributed by atoms with Gasteiger partial charge in [0.2, 0.25) is 5.91 Å². The smallest absolute Gasteiger partial charge is 0.240 e. The van der Waals surface area contributed by atoms with E-state index in [9.17, 15) is 4.79 Å². The van der Waals surface area contributed by atoms with Crippen molar-refractivity contribution in [1.82, 2.24) is 5.48 Å². The van der Waals surface area contributed by atoms with Gasteiger partial charge in [0.1, 0.15) is 0 Å². The molecule has 0 aromatic rings. The highest BCUT2D eigenvalue weighted by atomic mass is 35.5. The summed E-state index contributed by atoms with van der Waals surface area (Å²) in [7, 11) is 0. The molecule has 0 atom stereocenters. The van der Waals surface area contributed by atoms with Gasteiger partial charge in [-0.3, -0.25) is 9.63 Å². The first-order chi connectivity index (χ1) is 4.63. The van der Waals surface area contributed by atoms with Crippen LogP contribution in [0.4, 0.5) is 0 Å². The van der Waals surface area contributed by atoms with E-state index in [4.69, 9.17) is 11.6 Å². The first kappa shape index (κ1) is 9.46. The van der Waals surface area contributed by atoms with Crippen LogP contribution < -0.4 is 5.48 Å². The first-order valence-electron chi connectivity index (χ1n) is 2.83. The summed E-state index contributed by atoms with van der Waals surface area (Å²) in [5.41, 5.74) is 2.16. The molecule has 0 aromatic carbocycles. The van der Waals surface area contributed by atoms with Crippen LogP contribution in [0.25, 0.3) is 0 Å². The summed E-state index contributed by atoms with van der Waals surface area (Å²) in [6.07, 6.45) is 1.65. The Labute approximate surface area is 65.0 Å². The maximum absolute atomic E-state index is 10.2. The summed E-state index contributed by atoms with van der Waals surface area (Å²) in [6, 6.07) is 0. The second-order valence-electron chi connectivity index (χ2n) is 1.76. The van der Waals surface area contributed by atoms with Crippen molar-refractivity contribution >= 4 is 17.5 Å². The number of nitrogens with one attached hydrogen (secondary N) is 1. The van der Waals surface area contributed by atoms with Crippen LogP contribution in [0.3, 0.4) is 0 Å². The lowest BCUT2D eigenvalue weighted by atomic mass is 10.5. The van der Waals surface area contributed by atoms with Gasteiger partial charge in [-0.1, -0.05) is 11.6 Å². The molecule has 58 valence electrons. The molecule has 0 spiro atoms. The molecule has 0 fully saturated rings. The number of amides is 1. The summed E-state index contributed by atoms with van der Waals surface area (Å²) < 4.78 is 0. The van der Waals surface area contributed by atoms with Crippen molar-refractivity contribution in [2.24, 2.45) is 0 Å². The molecule has 0 saturated carbocycles. The van der Waals surface area contributed by atoms with Crippen molar-refractivity contribution in [3.63, 3.8) is 0 Å². The monoisotopic (exact) mass is 163 g/mol. The lowest BCUT2D eigenvalue weighted by Gasteiger charge is -1.97. The number of halogens is 1. The van der Waals surface area contributed by atoms with E-state index in [0.29, 0.717) is 11.6 Å². The van der Waals surface area contributed by atoms with Crippen molar-refractivity contribution < 1.29 is 9.63 Å². The van der Waals surface area contributed by atoms with Crippen LogP contribution >= 0.6 is 11.6 Å². The number of hydrogen-bond donors (Lipinski definition) is 1. The molecule has 0 aliphatic carbocycles. The second kappa shape index (κ2) is 5.26. The van der Waals surface area contributed by atoms with E-state index in [1.165, 1.54) is 6.92 Å². The molecule has 0 heterocycles. The summed E-state index contributed by atoms with van der Waals surface area (Å²) in [6.45, 7) is 3.41. The normalized spacial score (nSPS) is 11.3. The number of hydroxylamine groups is 1. The molecule has 0 radical (unpaired) electrons. The van der Waals surface area contributed by atoms with Gasteiger partial charge in [-0.05, 0) is 13.0 Å². The number of hydrogen-bond acceptors (Lipinski definition) is 2. The fourth-order valence-corrected chi connectivity index (χ4v) is 0.363. The lowest BCUT2D eigenvalue weighted by molar-refractivity contribution is -0.130. The van der Waals surface area contributed by atoms with Crippen molar-refractivity contribution in [1.29, 1.82) is 0 Å². The van der Waals surface area contributed by atoms with Crippen LogP contribution in [0, 0.1) is 0 Å². The molecule has 4 heteroatoms. The van der Waals surface area contributed by atoms with Crippen molar-refractivity contribution in [2.45, 2.75) is 13.8 Å². The van der Waals surface area contributed by atoms with Gasteiger partial charge in [0.25, 0.3) is 0 Å². The molecular weight excluding hydrogens is 154 g/mol. The third kappa shape index (κ3) is 7.46. The Morgan fingerprint density at radius 2 is 2.30 bits per heavy atom. The van der Waals surface area contributed by atoms with Gasteiger partial charge in [0, 0.05) is 12.0 Å². The summed E-state index contributed by atoms with van der Waals surface area (Å²) in [4.78, 5) is 14.8. The largest absolute Gasteiger partial charge is 0.273 e. The Kier molecular flexibility index (Phi) is 4.98. The minimum absolute atomic E-state index is 0.222.